The average molecular weight is 297 g/mol. The van der Waals surface area contributed by atoms with Crippen LogP contribution in [0.3, 0.4) is 0 Å². The maximum Gasteiger partial charge on any atom is 0.222 e. The van der Waals surface area contributed by atoms with Crippen LogP contribution in [0.15, 0.2) is 0 Å². The summed E-state index contributed by atoms with van der Waals surface area (Å²) in [5.74, 6) is 0.926. The number of amides is 2. The number of nitrogens with one attached hydrogen (secondary N) is 2. The first-order valence-corrected chi connectivity index (χ1v) is 8.42. The summed E-state index contributed by atoms with van der Waals surface area (Å²) >= 11 is 0. The monoisotopic (exact) mass is 297 g/mol. The molecule has 0 spiro atoms. The van der Waals surface area contributed by atoms with Gasteiger partial charge in [-0.25, -0.2) is 0 Å². The second-order valence-corrected chi connectivity index (χ2v) is 5.77. The van der Waals surface area contributed by atoms with Gasteiger partial charge in [-0.3, -0.25) is 9.59 Å². The van der Waals surface area contributed by atoms with Gasteiger partial charge in [0.1, 0.15) is 0 Å². The molecule has 1 fully saturated rings. The first kappa shape index (κ1) is 18.0. The lowest BCUT2D eigenvalue weighted by atomic mass is 9.96. The summed E-state index contributed by atoms with van der Waals surface area (Å²) in [7, 11) is 0. The number of nitrogens with zero attached hydrogens (tertiary/aromatic N) is 1. The average Bonchev–Trinajstić information content (AvgIpc) is 2.49. The molecule has 0 aromatic rings. The molecule has 5 nitrogen and oxygen atoms in total. The maximum atomic E-state index is 11.8. The van der Waals surface area contributed by atoms with Crippen molar-refractivity contribution in [2.75, 3.05) is 32.7 Å². The van der Waals surface area contributed by atoms with Gasteiger partial charge in [-0.05, 0) is 58.5 Å². The molecular formula is C16H31N3O2. The van der Waals surface area contributed by atoms with Crippen molar-refractivity contribution in [3.8, 4) is 0 Å². The normalized spacial score (nSPS) is 18.3. The van der Waals surface area contributed by atoms with Gasteiger partial charge in [-0.15, -0.1) is 0 Å². The van der Waals surface area contributed by atoms with E-state index in [0.29, 0.717) is 25.2 Å². The largest absolute Gasteiger partial charge is 0.356 e. The fourth-order valence-electron chi connectivity index (χ4n) is 2.81. The van der Waals surface area contributed by atoms with E-state index in [4.69, 9.17) is 0 Å². The summed E-state index contributed by atoms with van der Waals surface area (Å²) < 4.78 is 0. The molecule has 2 amide bonds. The van der Waals surface area contributed by atoms with E-state index < -0.39 is 0 Å². The minimum atomic E-state index is 0.0751. The third-order valence-corrected chi connectivity index (χ3v) is 4.18. The zero-order chi connectivity index (χ0) is 15.5. The zero-order valence-electron chi connectivity index (χ0n) is 13.6. The molecule has 122 valence electrons. The topological polar surface area (TPSA) is 61.4 Å². The van der Waals surface area contributed by atoms with Crippen molar-refractivity contribution in [3.05, 3.63) is 0 Å². The van der Waals surface area contributed by atoms with Crippen molar-refractivity contribution < 1.29 is 9.59 Å². The molecular weight excluding hydrogens is 266 g/mol. The number of hydrogen-bond donors (Lipinski definition) is 2. The summed E-state index contributed by atoms with van der Waals surface area (Å²) in [6.45, 7) is 8.42. The molecule has 0 radical (unpaired) electrons. The summed E-state index contributed by atoms with van der Waals surface area (Å²) in [5.41, 5.74) is 0. The fourth-order valence-corrected chi connectivity index (χ4v) is 2.81. The van der Waals surface area contributed by atoms with E-state index in [0.717, 1.165) is 39.1 Å². The standard InChI is InChI=1S/C16H31N3O2/c1-3-19(4-2)16(21)9-5-8-15(20)18-12-10-14-7-6-11-17-13-14/h14,17H,3-13H2,1-2H3,(H,18,20). The van der Waals surface area contributed by atoms with Gasteiger partial charge in [0.25, 0.3) is 0 Å². The predicted molar refractivity (Wildman–Crippen MR) is 85.0 cm³/mol. The lowest BCUT2D eigenvalue weighted by molar-refractivity contribution is -0.131. The lowest BCUT2D eigenvalue weighted by Crippen LogP contribution is -2.33. The number of rotatable bonds is 9. The van der Waals surface area contributed by atoms with E-state index >= 15 is 0 Å². The van der Waals surface area contributed by atoms with Crippen LogP contribution in [0, 0.1) is 5.92 Å². The van der Waals surface area contributed by atoms with Crippen LogP contribution in [-0.2, 0) is 9.59 Å². The van der Waals surface area contributed by atoms with Gasteiger partial charge in [-0.2, -0.15) is 0 Å². The van der Waals surface area contributed by atoms with E-state index in [2.05, 4.69) is 10.6 Å². The minimum Gasteiger partial charge on any atom is -0.356 e. The van der Waals surface area contributed by atoms with Gasteiger partial charge in [0.05, 0.1) is 0 Å². The number of hydrogen-bond acceptors (Lipinski definition) is 3. The van der Waals surface area contributed by atoms with Crippen molar-refractivity contribution in [1.82, 2.24) is 15.5 Å². The Kier molecular flexibility index (Phi) is 9.06. The second kappa shape index (κ2) is 10.6. The van der Waals surface area contributed by atoms with Gasteiger partial charge >= 0.3 is 0 Å². The van der Waals surface area contributed by atoms with E-state index in [1.54, 1.807) is 0 Å². The Hall–Kier alpha value is -1.10. The second-order valence-electron chi connectivity index (χ2n) is 5.77. The van der Waals surface area contributed by atoms with E-state index in [1.807, 2.05) is 18.7 Å². The van der Waals surface area contributed by atoms with Crippen LogP contribution in [0.25, 0.3) is 0 Å². The summed E-state index contributed by atoms with van der Waals surface area (Å²) in [6, 6.07) is 0. The maximum absolute atomic E-state index is 11.8. The number of piperidine rings is 1. The highest BCUT2D eigenvalue weighted by Crippen LogP contribution is 2.12. The summed E-state index contributed by atoms with van der Waals surface area (Å²) in [5, 5.41) is 6.36. The van der Waals surface area contributed by atoms with Crippen LogP contribution in [0.2, 0.25) is 0 Å². The molecule has 21 heavy (non-hydrogen) atoms. The van der Waals surface area contributed by atoms with Gasteiger partial charge in [0.15, 0.2) is 0 Å². The van der Waals surface area contributed by atoms with Crippen molar-refractivity contribution in [2.24, 2.45) is 5.92 Å². The zero-order valence-corrected chi connectivity index (χ0v) is 13.6. The Morgan fingerprint density at radius 2 is 2.00 bits per heavy atom. The lowest BCUT2D eigenvalue weighted by Gasteiger charge is -2.22. The van der Waals surface area contributed by atoms with Crippen molar-refractivity contribution >= 4 is 11.8 Å². The van der Waals surface area contributed by atoms with Crippen LogP contribution in [0.4, 0.5) is 0 Å². The van der Waals surface area contributed by atoms with E-state index in [-0.39, 0.29) is 11.8 Å². The number of carbonyl (C=O) groups is 2. The highest BCUT2D eigenvalue weighted by molar-refractivity contribution is 5.78. The quantitative estimate of drug-likeness (QED) is 0.678. The smallest absolute Gasteiger partial charge is 0.222 e. The Morgan fingerprint density at radius 3 is 2.62 bits per heavy atom. The molecule has 0 aliphatic carbocycles. The van der Waals surface area contributed by atoms with Crippen LogP contribution in [-0.4, -0.2) is 49.4 Å². The first-order valence-electron chi connectivity index (χ1n) is 8.42. The van der Waals surface area contributed by atoms with Crippen LogP contribution in [0.1, 0.15) is 52.4 Å². The Morgan fingerprint density at radius 1 is 1.24 bits per heavy atom. The Labute approximate surface area is 128 Å². The van der Waals surface area contributed by atoms with Crippen LogP contribution in [0.5, 0.6) is 0 Å². The molecule has 0 aromatic heterocycles. The third kappa shape index (κ3) is 7.46. The molecule has 0 bridgehead atoms. The molecule has 1 rings (SSSR count). The number of carbonyl (C=O) groups excluding carboxylic acids is 2. The molecule has 1 aliphatic rings. The highest BCUT2D eigenvalue weighted by atomic mass is 16.2. The van der Waals surface area contributed by atoms with Crippen LogP contribution >= 0.6 is 0 Å². The van der Waals surface area contributed by atoms with Crippen LogP contribution < -0.4 is 10.6 Å². The molecule has 1 heterocycles. The molecule has 0 saturated carbocycles. The molecule has 1 saturated heterocycles. The molecule has 1 aliphatic heterocycles. The minimum absolute atomic E-state index is 0.0751. The Balaban J connectivity index is 2.04. The van der Waals surface area contributed by atoms with E-state index in [9.17, 15) is 9.59 Å². The van der Waals surface area contributed by atoms with Gasteiger partial charge in [0.2, 0.25) is 11.8 Å². The Bertz CT molecular complexity index is 311. The van der Waals surface area contributed by atoms with Gasteiger partial charge in [-0.1, -0.05) is 0 Å². The van der Waals surface area contributed by atoms with E-state index in [1.165, 1.54) is 12.8 Å². The van der Waals surface area contributed by atoms with Crippen molar-refractivity contribution in [3.63, 3.8) is 0 Å². The fraction of sp³-hybridized carbons (Fsp3) is 0.875. The molecule has 0 aromatic carbocycles. The molecule has 5 heteroatoms. The first-order chi connectivity index (χ1) is 10.2. The van der Waals surface area contributed by atoms with Gasteiger partial charge < -0.3 is 15.5 Å². The third-order valence-electron chi connectivity index (χ3n) is 4.18. The predicted octanol–water partition coefficient (Wildman–Crippen LogP) is 1.53. The molecule has 1 atom stereocenters. The highest BCUT2D eigenvalue weighted by Gasteiger charge is 2.13. The molecule has 2 N–H and O–H groups in total. The SMILES string of the molecule is CCN(CC)C(=O)CCCC(=O)NCCC1CCCNC1. The van der Waals surface area contributed by atoms with Crippen molar-refractivity contribution in [1.29, 1.82) is 0 Å². The summed E-state index contributed by atoms with van der Waals surface area (Å²) in [4.78, 5) is 25.3. The van der Waals surface area contributed by atoms with Gasteiger partial charge in [0, 0.05) is 32.5 Å². The van der Waals surface area contributed by atoms with Crippen molar-refractivity contribution in [2.45, 2.75) is 52.4 Å². The summed E-state index contributed by atoms with van der Waals surface area (Å²) in [6.07, 6.45) is 5.13. The molecule has 1 unspecified atom stereocenters.